The van der Waals surface area contributed by atoms with Crippen LogP contribution in [0.5, 0.6) is 0 Å². The average Bonchev–Trinajstić information content (AvgIpc) is 2.50. The monoisotopic (exact) mass is 303 g/mol. The molecule has 1 heterocycles. The van der Waals surface area contributed by atoms with Gasteiger partial charge in [-0.3, -0.25) is 4.79 Å². The lowest BCUT2D eigenvalue weighted by Crippen LogP contribution is -2.60. The second-order valence-corrected chi connectivity index (χ2v) is 5.81. The van der Waals surface area contributed by atoms with Gasteiger partial charge in [-0.1, -0.05) is 19.1 Å². The number of nitrogens with one attached hydrogen (secondary N) is 1. The summed E-state index contributed by atoms with van der Waals surface area (Å²) < 4.78 is 0. The summed E-state index contributed by atoms with van der Waals surface area (Å²) in [5, 5.41) is 2.84. The van der Waals surface area contributed by atoms with Crippen LogP contribution >= 0.6 is 0 Å². The van der Waals surface area contributed by atoms with E-state index in [0.29, 0.717) is 19.6 Å². The number of hydrogen-bond acceptors (Lipinski definition) is 2. The number of urea groups is 1. The van der Waals surface area contributed by atoms with E-state index in [4.69, 9.17) is 0 Å². The molecule has 1 aliphatic rings. The minimum Gasteiger partial charge on any atom is -0.338 e. The van der Waals surface area contributed by atoms with Crippen LogP contribution in [0.1, 0.15) is 31.4 Å². The van der Waals surface area contributed by atoms with Gasteiger partial charge in [-0.15, -0.1) is 0 Å². The molecule has 0 spiro atoms. The Morgan fingerprint density at radius 3 is 2.73 bits per heavy atom. The van der Waals surface area contributed by atoms with Crippen molar-refractivity contribution in [2.45, 2.75) is 40.2 Å². The fraction of sp³-hybridized carbons (Fsp3) is 0.529. The summed E-state index contributed by atoms with van der Waals surface area (Å²) in [6.07, 6.45) is 0.885. The number of amides is 3. The summed E-state index contributed by atoms with van der Waals surface area (Å²) in [4.78, 5) is 28.2. The highest BCUT2D eigenvalue weighted by atomic mass is 16.2. The molecule has 0 radical (unpaired) electrons. The molecule has 2 rings (SSSR count). The fourth-order valence-electron chi connectivity index (χ4n) is 2.75. The third-order valence-corrected chi connectivity index (χ3v) is 4.31. The Kier molecular flexibility index (Phi) is 5.06. The third-order valence-electron chi connectivity index (χ3n) is 4.31. The van der Waals surface area contributed by atoms with Gasteiger partial charge in [0.2, 0.25) is 5.91 Å². The number of aryl methyl sites for hydroxylation is 1. The van der Waals surface area contributed by atoms with Gasteiger partial charge in [0.15, 0.2) is 0 Å². The van der Waals surface area contributed by atoms with Gasteiger partial charge in [0.1, 0.15) is 6.04 Å². The lowest BCUT2D eigenvalue weighted by atomic mass is 10.1. The number of nitrogens with zero attached hydrogens (tertiary/aromatic N) is 2. The lowest BCUT2D eigenvalue weighted by Gasteiger charge is -2.39. The zero-order valence-corrected chi connectivity index (χ0v) is 13.8. The van der Waals surface area contributed by atoms with Gasteiger partial charge in [0, 0.05) is 25.3 Å². The van der Waals surface area contributed by atoms with E-state index in [0.717, 1.165) is 17.7 Å². The average molecular weight is 303 g/mol. The molecule has 1 N–H and O–H groups in total. The standard InChI is InChI=1S/C17H25N3O2/c1-5-9-18-17(22)19-10-11-20(16(21)14(19)4)15-8-6-7-12(2)13(15)3/h6-8,14H,5,9-11H2,1-4H3,(H,18,22)/t14-/m1/s1. The van der Waals surface area contributed by atoms with E-state index >= 15 is 0 Å². The number of hydrogen-bond donors (Lipinski definition) is 1. The lowest BCUT2D eigenvalue weighted by molar-refractivity contribution is -0.124. The second-order valence-electron chi connectivity index (χ2n) is 5.81. The third kappa shape index (κ3) is 3.08. The topological polar surface area (TPSA) is 52.7 Å². The van der Waals surface area contributed by atoms with Crippen LogP contribution in [0, 0.1) is 13.8 Å². The van der Waals surface area contributed by atoms with Crippen molar-refractivity contribution in [3.05, 3.63) is 29.3 Å². The van der Waals surface area contributed by atoms with Crippen molar-refractivity contribution >= 4 is 17.6 Å². The number of carbonyl (C=O) groups excluding carboxylic acids is 2. The van der Waals surface area contributed by atoms with E-state index in [-0.39, 0.29) is 11.9 Å². The molecule has 0 aromatic heterocycles. The van der Waals surface area contributed by atoms with Crippen LogP contribution in [0.4, 0.5) is 10.5 Å². The molecule has 0 saturated carbocycles. The molecule has 1 fully saturated rings. The molecule has 1 aliphatic heterocycles. The summed E-state index contributed by atoms with van der Waals surface area (Å²) in [6, 6.07) is 5.39. The first-order valence-electron chi connectivity index (χ1n) is 7.89. The highest BCUT2D eigenvalue weighted by molar-refractivity contribution is 6.00. The molecule has 0 bridgehead atoms. The van der Waals surface area contributed by atoms with Gasteiger partial charge >= 0.3 is 6.03 Å². The van der Waals surface area contributed by atoms with E-state index in [1.807, 2.05) is 39.0 Å². The Morgan fingerprint density at radius 2 is 2.05 bits per heavy atom. The van der Waals surface area contributed by atoms with E-state index in [9.17, 15) is 9.59 Å². The van der Waals surface area contributed by atoms with Crippen molar-refractivity contribution < 1.29 is 9.59 Å². The quantitative estimate of drug-likeness (QED) is 0.932. The second kappa shape index (κ2) is 6.81. The molecule has 3 amide bonds. The van der Waals surface area contributed by atoms with Crippen molar-refractivity contribution in [2.75, 3.05) is 24.5 Å². The minimum atomic E-state index is -0.439. The molecule has 1 aromatic rings. The van der Waals surface area contributed by atoms with Crippen molar-refractivity contribution in [3.63, 3.8) is 0 Å². The summed E-state index contributed by atoms with van der Waals surface area (Å²) in [7, 11) is 0. The maximum Gasteiger partial charge on any atom is 0.318 e. The van der Waals surface area contributed by atoms with E-state index in [2.05, 4.69) is 5.32 Å². The maximum atomic E-state index is 12.7. The Morgan fingerprint density at radius 1 is 1.32 bits per heavy atom. The molecule has 22 heavy (non-hydrogen) atoms. The van der Waals surface area contributed by atoms with Gasteiger partial charge < -0.3 is 15.1 Å². The predicted molar refractivity (Wildman–Crippen MR) is 88.1 cm³/mol. The first-order valence-corrected chi connectivity index (χ1v) is 7.89. The van der Waals surface area contributed by atoms with Gasteiger partial charge in [-0.05, 0) is 44.4 Å². The van der Waals surface area contributed by atoms with E-state index in [1.165, 1.54) is 5.56 Å². The van der Waals surface area contributed by atoms with Crippen LogP contribution in [0.3, 0.4) is 0 Å². The highest BCUT2D eigenvalue weighted by Gasteiger charge is 2.35. The van der Waals surface area contributed by atoms with Crippen molar-refractivity contribution in [3.8, 4) is 0 Å². The van der Waals surface area contributed by atoms with Gasteiger partial charge in [-0.2, -0.15) is 0 Å². The molecular weight excluding hydrogens is 278 g/mol. The van der Waals surface area contributed by atoms with Gasteiger partial charge in [0.25, 0.3) is 0 Å². The first-order chi connectivity index (χ1) is 10.5. The fourth-order valence-corrected chi connectivity index (χ4v) is 2.75. The predicted octanol–water partition coefficient (Wildman–Crippen LogP) is 2.46. The van der Waals surface area contributed by atoms with Crippen molar-refractivity contribution in [1.82, 2.24) is 10.2 Å². The molecule has 5 heteroatoms. The smallest absolute Gasteiger partial charge is 0.318 e. The highest BCUT2D eigenvalue weighted by Crippen LogP contribution is 2.26. The molecule has 1 atom stereocenters. The van der Waals surface area contributed by atoms with Gasteiger partial charge in [-0.25, -0.2) is 4.79 Å². The van der Waals surface area contributed by atoms with Crippen LogP contribution in [-0.4, -0.2) is 42.5 Å². The normalized spacial score (nSPS) is 18.5. The van der Waals surface area contributed by atoms with Crippen LogP contribution < -0.4 is 10.2 Å². The Balaban J connectivity index is 2.16. The number of rotatable bonds is 3. The molecule has 0 unspecified atom stereocenters. The summed E-state index contributed by atoms with van der Waals surface area (Å²) in [5.74, 6) is -0.0217. The molecular formula is C17H25N3O2. The summed E-state index contributed by atoms with van der Waals surface area (Å²) in [6.45, 7) is 9.60. The van der Waals surface area contributed by atoms with E-state index < -0.39 is 6.04 Å². The maximum absolute atomic E-state index is 12.7. The minimum absolute atomic E-state index is 0.0217. The SMILES string of the molecule is CCCNC(=O)N1CCN(c2cccc(C)c2C)C(=O)[C@H]1C. The van der Waals surface area contributed by atoms with Crippen LogP contribution in [0.15, 0.2) is 18.2 Å². The number of benzene rings is 1. The van der Waals surface area contributed by atoms with Crippen LogP contribution in [0.2, 0.25) is 0 Å². The number of anilines is 1. The first kappa shape index (κ1) is 16.3. The zero-order valence-electron chi connectivity index (χ0n) is 13.8. The number of carbonyl (C=O) groups is 2. The van der Waals surface area contributed by atoms with Crippen molar-refractivity contribution in [1.29, 1.82) is 0 Å². The zero-order chi connectivity index (χ0) is 16.3. The molecule has 0 aliphatic carbocycles. The summed E-state index contributed by atoms with van der Waals surface area (Å²) >= 11 is 0. The molecule has 1 saturated heterocycles. The Hall–Kier alpha value is -2.04. The Labute approximate surface area is 132 Å². The summed E-state index contributed by atoms with van der Waals surface area (Å²) in [5.41, 5.74) is 3.23. The van der Waals surface area contributed by atoms with Crippen LogP contribution in [0.25, 0.3) is 0 Å². The number of piperazine rings is 1. The molecule has 1 aromatic carbocycles. The van der Waals surface area contributed by atoms with Crippen LogP contribution in [-0.2, 0) is 4.79 Å². The molecule has 5 nitrogen and oxygen atoms in total. The largest absolute Gasteiger partial charge is 0.338 e. The van der Waals surface area contributed by atoms with E-state index in [1.54, 1.807) is 16.7 Å². The Bertz CT molecular complexity index is 571. The molecule has 120 valence electrons. The van der Waals surface area contributed by atoms with Crippen molar-refractivity contribution in [2.24, 2.45) is 0 Å². The van der Waals surface area contributed by atoms with Gasteiger partial charge in [0.05, 0.1) is 0 Å².